The van der Waals surface area contributed by atoms with Gasteiger partial charge in [0.15, 0.2) is 0 Å². The molecule has 2 N–H and O–H groups in total. The third-order valence-corrected chi connectivity index (χ3v) is 4.99. The van der Waals surface area contributed by atoms with E-state index in [0.29, 0.717) is 19.3 Å². The zero-order valence-electron chi connectivity index (χ0n) is 15.8. The summed E-state index contributed by atoms with van der Waals surface area (Å²) < 4.78 is 5.57. The maximum absolute atomic E-state index is 12.1. The summed E-state index contributed by atoms with van der Waals surface area (Å²) in [5, 5.41) is 18.8. The molecule has 1 aliphatic carbocycles. The molecule has 1 aliphatic rings. The first-order valence-electron chi connectivity index (χ1n) is 9.85. The van der Waals surface area contributed by atoms with Crippen LogP contribution in [0.2, 0.25) is 0 Å². The molecule has 0 saturated carbocycles. The first-order chi connectivity index (χ1) is 13.1. The lowest BCUT2D eigenvalue weighted by Gasteiger charge is -2.16. The van der Waals surface area contributed by atoms with E-state index in [1.54, 1.807) is 0 Å². The minimum atomic E-state index is -0.749. The standard InChI is InChI=1S/C22H30O5/c23-18(16-27-19-8-4-3-5-9-19)14-12-17-13-15-21(24)20(17)10-6-1-2-7-11-22(25)26/h3-5,8-9,13,18,20,23H,1-2,6-7,10-12,14-16H2,(H,25,26)/t18?,20-/m1/s1. The van der Waals surface area contributed by atoms with Gasteiger partial charge in [-0.05, 0) is 37.8 Å². The quantitative estimate of drug-likeness (QED) is 0.400. The largest absolute Gasteiger partial charge is 0.491 e. The molecular formula is C22H30O5. The van der Waals surface area contributed by atoms with Crippen LogP contribution in [0.3, 0.4) is 0 Å². The zero-order valence-corrected chi connectivity index (χ0v) is 15.8. The Morgan fingerprint density at radius 1 is 1.15 bits per heavy atom. The monoisotopic (exact) mass is 374 g/mol. The van der Waals surface area contributed by atoms with E-state index < -0.39 is 12.1 Å². The van der Waals surface area contributed by atoms with Crippen molar-refractivity contribution in [2.24, 2.45) is 5.92 Å². The van der Waals surface area contributed by atoms with Gasteiger partial charge in [-0.2, -0.15) is 0 Å². The summed E-state index contributed by atoms with van der Waals surface area (Å²) in [5.41, 5.74) is 1.14. The average Bonchev–Trinajstić information content (AvgIpc) is 3.01. The molecule has 2 atom stereocenters. The van der Waals surface area contributed by atoms with Gasteiger partial charge < -0.3 is 14.9 Å². The Morgan fingerprint density at radius 3 is 2.63 bits per heavy atom. The van der Waals surface area contributed by atoms with Gasteiger partial charge in [0.1, 0.15) is 18.1 Å². The number of para-hydroxylation sites is 1. The Labute approximate surface area is 161 Å². The van der Waals surface area contributed by atoms with Crippen LogP contribution in [0.1, 0.15) is 57.8 Å². The number of allylic oxidation sites excluding steroid dienone is 2. The molecule has 0 amide bonds. The first kappa shape index (κ1) is 21.2. The second kappa shape index (κ2) is 11.5. The number of hydrogen-bond donors (Lipinski definition) is 2. The minimum absolute atomic E-state index is 0.0216. The molecular weight excluding hydrogens is 344 g/mol. The Morgan fingerprint density at radius 2 is 1.89 bits per heavy atom. The fraction of sp³-hybridized carbons (Fsp3) is 0.545. The number of aliphatic carboxylic acids is 1. The Balaban J connectivity index is 1.65. The number of hydrogen-bond acceptors (Lipinski definition) is 4. The molecule has 1 unspecified atom stereocenters. The second-order valence-corrected chi connectivity index (χ2v) is 7.17. The number of ether oxygens (including phenoxy) is 1. The van der Waals surface area contributed by atoms with Crippen LogP contribution in [-0.4, -0.2) is 34.7 Å². The minimum Gasteiger partial charge on any atom is -0.491 e. The summed E-state index contributed by atoms with van der Waals surface area (Å²) >= 11 is 0. The van der Waals surface area contributed by atoms with E-state index in [9.17, 15) is 14.7 Å². The molecule has 0 saturated heterocycles. The Kier molecular flexibility index (Phi) is 9.05. The third-order valence-electron chi connectivity index (χ3n) is 4.99. The Hall–Kier alpha value is -2.14. The van der Waals surface area contributed by atoms with Gasteiger partial charge in [0, 0.05) is 18.8 Å². The van der Waals surface area contributed by atoms with Crippen molar-refractivity contribution in [2.45, 2.75) is 63.9 Å². The predicted molar refractivity (Wildman–Crippen MR) is 104 cm³/mol. The highest BCUT2D eigenvalue weighted by molar-refractivity contribution is 5.88. The third kappa shape index (κ3) is 7.95. The average molecular weight is 374 g/mol. The van der Waals surface area contributed by atoms with E-state index in [4.69, 9.17) is 9.84 Å². The van der Waals surface area contributed by atoms with Crippen LogP contribution in [0.25, 0.3) is 0 Å². The lowest BCUT2D eigenvalue weighted by molar-refractivity contribution is -0.137. The smallest absolute Gasteiger partial charge is 0.303 e. The number of carboxylic acids is 1. The predicted octanol–water partition coefficient (Wildman–Crippen LogP) is 4.15. The van der Waals surface area contributed by atoms with E-state index in [1.807, 2.05) is 36.4 Å². The summed E-state index contributed by atoms with van der Waals surface area (Å²) in [7, 11) is 0. The molecule has 1 aromatic carbocycles. The number of ketones is 1. The zero-order chi connectivity index (χ0) is 19.5. The normalized spacial score (nSPS) is 17.6. The molecule has 0 aliphatic heterocycles. The number of Topliss-reactive ketones (excluding diaryl/α,β-unsaturated/α-hetero) is 1. The van der Waals surface area contributed by atoms with Crippen molar-refractivity contribution in [3.8, 4) is 5.75 Å². The highest BCUT2D eigenvalue weighted by Crippen LogP contribution is 2.31. The SMILES string of the molecule is O=C(O)CCCCCC[C@H]1C(=O)CC=C1CCC(O)COc1ccccc1. The summed E-state index contributed by atoms with van der Waals surface area (Å²) in [6.45, 7) is 0.249. The van der Waals surface area contributed by atoms with Crippen LogP contribution in [0.15, 0.2) is 42.0 Å². The molecule has 5 nitrogen and oxygen atoms in total. The maximum atomic E-state index is 12.1. The van der Waals surface area contributed by atoms with Crippen LogP contribution < -0.4 is 4.74 Å². The lowest BCUT2D eigenvalue weighted by atomic mass is 9.90. The highest BCUT2D eigenvalue weighted by Gasteiger charge is 2.27. The number of aliphatic hydroxyl groups excluding tert-OH is 1. The van der Waals surface area contributed by atoms with Crippen molar-refractivity contribution in [3.05, 3.63) is 42.0 Å². The van der Waals surface area contributed by atoms with Crippen molar-refractivity contribution in [1.82, 2.24) is 0 Å². The van der Waals surface area contributed by atoms with Gasteiger partial charge in [-0.1, -0.05) is 49.1 Å². The van der Waals surface area contributed by atoms with Gasteiger partial charge in [-0.15, -0.1) is 0 Å². The maximum Gasteiger partial charge on any atom is 0.303 e. The van der Waals surface area contributed by atoms with Crippen molar-refractivity contribution in [1.29, 1.82) is 0 Å². The number of carbonyl (C=O) groups excluding carboxylic acids is 1. The molecule has 2 rings (SSSR count). The van der Waals surface area contributed by atoms with Gasteiger partial charge in [-0.3, -0.25) is 9.59 Å². The van der Waals surface area contributed by atoms with Crippen LogP contribution >= 0.6 is 0 Å². The molecule has 0 spiro atoms. The van der Waals surface area contributed by atoms with Gasteiger partial charge in [0.2, 0.25) is 0 Å². The molecule has 5 heteroatoms. The number of aliphatic hydroxyl groups is 1. The number of benzene rings is 1. The van der Waals surface area contributed by atoms with E-state index in [2.05, 4.69) is 0 Å². The second-order valence-electron chi connectivity index (χ2n) is 7.17. The molecule has 0 bridgehead atoms. The fourth-order valence-corrected chi connectivity index (χ4v) is 3.45. The summed E-state index contributed by atoms with van der Waals surface area (Å²) in [5.74, 6) is 0.242. The lowest BCUT2D eigenvalue weighted by Crippen LogP contribution is -2.19. The molecule has 148 valence electrons. The fourth-order valence-electron chi connectivity index (χ4n) is 3.45. The molecule has 0 aromatic heterocycles. The number of carbonyl (C=O) groups is 2. The van der Waals surface area contributed by atoms with Crippen LogP contribution in [-0.2, 0) is 9.59 Å². The molecule has 1 aromatic rings. The van der Waals surface area contributed by atoms with Crippen LogP contribution in [0.4, 0.5) is 0 Å². The van der Waals surface area contributed by atoms with Crippen molar-refractivity contribution < 1.29 is 24.5 Å². The topological polar surface area (TPSA) is 83.8 Å². The summed E-state index contributed by atoms with van der Waals surface area (Å²) in [4.78, 5) is 22.6. The molecule has 0 radical (unpaired) electrons. The molecule has 27 heavy (non-hydrogen) atoms. The van der Waals surface area contributed by atoms with E-state index in [0.717, 1.165) is 43.4 Å². The Bertz CT molecular complexity index is 623. The summed E-state index contributed by atoms with van der Waals surface area (Å²) in [6, 6.07) is 9.42. The van der Waals surface area contributed by atoms with Gasteiger partial charge in [-0.25, -0.2) is 0 Å². The van der Waals surface area contributed by atoms with Gasteiger partial charge in [0.25, 0.3) is 0 Å². The number of unbranched alkanes of at least 4 members (excludes halogenated alkanes) is 3. The van der Waals surface area contributed by atoms with Gasteiger partial charge >= 0.3 is 5.97 Å². The first-order valence-corrected chi connectivity index (χ1v) is 9.85. The van der Waals surface area contributed by atoms with Crippen molar-refractivity contribution in [2.75, 3.05) is 6.61 Å². The van der Waals surface area contributed by atoms with Gasteiger partial charge in [0.05, 0.1) is 6.10 Å². The summed E-state index contributed by atoms with van der Waals surface area (Å²) in [6.07, 6.45) is 7.79. The number of rotatable bonds is 13. The number of carboxylic acid groups (broad SMARTS) is 1. The van der Waals surface area contributed by atoms with E-state index in [-0.39, 0.29) is 24.7 Å². The molecule has 0 fully saturated rings. The van der Waals surface area contributed by atoms with Crippen LogP contribution in [0, 0.1) is 5.92 Å². The van der Waals surface area contributed by atoms with E-state index >= 15 is 0 Å². The van der Waals surface area contributed by atoms with Crippen LogP contribution in [0.5, 0.6) is 5.75 Å². The van der Waals surface area contributed by atoms with Crippen molar-refractivity contribution in [3.63, 3.8) is 0 Å². The van der Waals surface area contributed by atoms with E-state index in [1.165, 1.54) is 0 Å². The highest BCUT2D eigenvalue weighted by atomic mass is 16.5. The molecule has 0 heterocycles. The van der Waals surface area contributed by atoms with Crippen molar-refractivity contribution >= 4 is 11.8 Å².